The molecule has 2 heterocycles. The van der Waals surface area contributed by atoms with E-state index in [2.05, 4.69) is 0 Å². The second kappa shape index (κ2) is 6.77. The number of pyridine rings is 1. The minimum Gasteiger partial charge on any atom is -0.492 e. The first-order chi connectivity index (χ1) is 13.3. The van der Waals surface area contributed by atoms with Crippen LogP contribution in [0.2, 0.25) is 0 Å². The van der Waals surface area contributed by atoms with Crippen molar-refractivity contribution in [3.05, 3.63) is 33.9 Å². The Morgan fingerprint density at radius 2 is 2.11 bits per heavy atom. The molecule has 0 amide bonds. The first-order valence-corrected chi connectivity index (χ1v) is 9.52. The molecular weight excluding hydrogens is 365 g/mol. The van der Waals surface area contributed by atoms with Gasteiger partial charge in [0.15, 0.2) is 11.6 Å². The summed E-state index contributed by atoms with van der Waals surface area (Å²) >= 11 is 0. The Kier molecular flexibility index (Phi) is 4.53. The number of aromatic carboxylic acids is 1. The number of carboxylic acids is 1. The van der Waals surface area contributed by atoms with Gasteiger partial charge in [-0.25, -0.2) is 9.18 Å². The van der Waals surface area contributed by atoms with E-state index in [1.165, 1.54) is 13.3 Å². The van der Waals surface area contributed by atoms with Crippen LogP contribution in [0.5, 0.6) is 5.75 Å². The highest BCUT2D eigenvalue weighted by Crippen LogP contribution is 2.44. The summed E-state index contributed by atoms with van der Waals surface area (Å²) < 4.78 is 22.5. The van der Waals surface area contributed by atoms with Crippen molar-refractivity contribution in [1.82, 2.24) is 4.57 Å². The highest BCUT2D eigenvalue weighted by Gasteiger charge is 2.33. The SMILES string of the molecule is COc1c(N2CC[C@@H](C(C)N)C2)c(F)cc2c(=O)c(C(=O)O)cn(C3CC3)c12. The monoisotopic (exact) mass is 389 g/mol. The average Bonchev–Trinajstić information content (AvgIpc) is 3.37. The van der Waals surface area contributed by atoms with Crippen LogP contribution in [0, 0.1) is 11.7 Å². The molecule has 1 aliphatic heterocycles. The summed E-state index contributed by atoms with van der Waals surface area (Å²) in [6, 6.07) is 1.24. The lowest BCUT2D eigenvalue weighted by Gasteiger charge is -2.25. The molecule has 3 N–H and O–H groups in total. The molecule has 150 valence electrons. The van der Waals surface area contributed by atoms with E-state index in [1.807, 2.05) is 11.8 Å². The van der Waals surface area contributed by atoms with Crippen LogP contribution in [0.1, 0.15) is 42.6 Å². The standard InChI is InChI=1S/C20H24FN3O4/c1-10(22)11-5-6-23(8-11)17-15(21)7-13-16(19(17)28-2)24(12-3-4-12)9-14(18(13)25)20(26)27/h7,9-12H,3-6,8,22H2,1-2H3,(H,26,27)/t10?,11-/m1/s1. The van der Waals surface area contributed by atoms with Crippen molar-refractivity contribution in [3.8, 4) is 5.75 Å². The van der Waals surface area contributed by atoms with Crippen molar-refractivity contribution in [2.24, 2.45) is 11.7 Å². The summed E-state index contributed by atoms with van der Waals surface area (Å²) in [5.41, 5.74) is 5.74. The van der Waals surface area contributed by atoms with Crippen LogP contribution in [0.15, 0.2) is 17.1 Å². The molecular formula is C20H24FN3O4. The normalized spacial score (nSPS) is 20.6. The molecule has 0 radical (unpaired) electrons. The Bertz CT molecular complexity index is 1010. The molecule has 1 unspecified atom stereocenters. The summed E-state index contributed by atoms with van der Waals surface area (Å²) in [6.07, 6.45) is 3.97. The van der Waals surface area contributed by atoms with Gasteiger partial charge in [0.25, 0.3) is 0 Å². The summed E-state index contributed by atoms with van der Waals surface area (Å²) in [5.74, 6) is -1.37. The molecule has 8 heteroatoms. The average molecular weight is 389 g/mol. The first-order valence-electron chi connectivity index (χ1n) is 9.52. The summed E-state index contributed by atoms with van der Waals surface area (Å²) in [4.78, 5) is 26.1. The molecule has 2 aromatic rings. The number of benzene rings is 1. The maximum atomic E-state index is 15.2. The summed E-state index contributed by atoms with van der Waals surface area (Å²) in [6.45, 7) is 3.20. The van der Waals surface area contributed by atoms with Crippen molar-refractivity contribution < 1.29 is 19.0 Å². The molecule has 1 aliphatic carbocycles. The number of nitrogens with zero attached hydrogens (tertiary/aromatic N) is 2. The second-order valence-electron chi connectivity index (χ2n) is 7.81. The number of hydrogen-bond donors (Lipinski definition) is 2. The van der Waals surface area contributed by atoms with Crippen molar-refractivity contribution in [1.29, 1.82) is 0 Å². The lowest BCUT2D eigenvalue weighted by Crippen LogP contribution is -2.30. The zero-order valence-electron chi connectivity index (χ0n) is 15.9. The highest BCUT2D eigenvalue weighted by molar-refractivity contribution is 5.97. The molecule has 0 bridgehead atoms. The number of ether oxygens (including phenoxy) is 1. The van der Waals surface area contributed by atoms with Gasteiger partial charge in [0.1, 0.15) is 11.3 Å². The van der Waals surface area contributed by atoms with Crippen molar-refractivity contribution >= 4 is 22.6 Å². The van der Waals surface area contributed by atoms with Gasteiger partial charge in [-0.05, 0) is 38.2 Å². The number of hydrogen-bond acceptors (Lipinski definition) is 5. The van der Waals surface area contributed by atoms with E-state index in [9.17, 15) is 14.7 Å². The fourth-order valence-electron chi connectivity index (χ4n) is 4.14. The van der Waals surface area contributed by atoms with E-state index < -0.39 is 17.2 Å². The Morgan fingerprint density at radius 3 is 2.64 bits per heavy atom. The predicted octanol–water partition coefficient (Wildman–Crippen LogP) is 2.36. The van der Waals surface area contributed by atoms with Gasteiger partial charge in [0.2, 0.25) is 5.43 Å². The molecule has 1 saturated heterocycles. The quantitative estimate of drug-likeness (QED) is 0.815. The van der Waals surface area contributed by atoms with E-state index in [-0.39, 0.29) is 34.7 Å². The molecule has 1 saturated carbocycles. The van der Waals surface area contributed by atoms with Gasteiger partial charge in [-0.1, -0.05) is 0 Å². The first kappa shape index (κ1) is 18.7. The van der Waals surface area contributed by atoms with E-state index in [1.54, 1.807) is 4.57 Å². The van der Waals surface area contributed by atoms with Crippen molar-refractivity contribution in [2.45, 2.75) is 38.3 Å². The Morgan fingerprint density at radius 1 is 1.39 bits per heavy atom. The minimum atomic E-state index is -1.32. The van der Waals surface area contributed by atoms with Crippen LogP contribution in [0.25, 0.3) is 10.9 Å². The lowest BCUT2D eigenvalue weighted by atomic mass is 10.0. The maximum absolute atomic E-state index is 15.2. The number of anilines is 1. The third kappa shape index (κ3) is 2.92. The number of aromatic nitrogens is 1. The van der Waals surface area contributed by atoms with E-state index in [0.717, 1.165) is 25.3 Å². The zero-order chi connectivity index (χ0) is 20.2. The molecule has 28 heavy (non-hydrogen) atoms. The zero-order valence-corrected chi connectivity index (χ0v) is 15.9. The molecule has 2 fully saturated rings. The fourth-order valence-corrected chi connectivity index (χ4v) is 4.14. The van der Waals surface area contributed by atoms with Gasteiger partial charge < -0.3 is 25.0 Å². The predicted molar refractivity (Wildman–Crippen MR) is 104 cm³/mol. The van der Waals surface area contributed by atoms with Gasteiger partial charge in [-0.3, -0.25) is 4.79 Å². The summed E-state index contributed by atoms with van der Waals surface area (Å²) in [5, 5.41) is 9.43. The third-order valence-corrected chi connectivity index (χ3v) is 5.86. The number of methoxy groups -OCH3 is 1. The number of nitrogens with two attached hydrogens (primary N) is 1. The summed E-state index contributed by atoms with van der Waals surface area (Å²) in [7, 11) is 1.45. The minimum absolute atomic E-state index is 0.00211. The lowest BCUT2D eigenvalue weighted by molar-refractivity contribution is 0.0695. The fraction of sp³-hybridized carbons (Fsp3) is 0.500. The smallest absolute Gasteiger partial charge is 0.341 e. The number of rotatable bonds is 5. The van der Waals surface area contributed by atoms with Crippen molar-refractivity contribution in [2.75, 3.05) is 25.1 Å². The third-order valence-electron chi connectivity index (χ3n) is 5.86. The Hall–Kier alpha value is -2.61. The van der Waals surface area contributed by atoms with Gasteiger partial charge in [-0.15, -0.1) is 0 Å². The van der Waals surface area contributed by atoms with Crippen LogP contribution < -0.4 is 20.8 Å². The van der Waals surface area contributed by atoms with Crippen LogP contribution >= 0.6 is 0 Å². The number of fused-ring (bicyclic) bond motifs is 1. The second-order valence-corrected chi connectivity index (χ2v) is 7.81. The van der Waals surface area contributed by atoms with Gasteiger partial charge in [0, 0.05) is 31.4 Å². The molecule has 1 aromatic heterocycles. The molecule has 2 atom stereocenters. The van der Waals surface area contributed by atoms with Crippen LogP contribution in [-0.4, -0.2) is 41.9 Å². The van der Waals surface area contributed by atoms with Crippen molar-refractivity contribution in [3.63, 3.8) is 0 Å². The maximum Gasteiger partial charge on any atom is 0.341 e. The van der Waals surface area contributed by atoms with Crippen LogP contribution in [0.3, 0.4) is 0 Å². The molecule has 1 aromatic carbocycles. The van der Waals surface area contributed by atoms with E-state index in [4.69, 9.17) is 10.5 Å². The Labute approximate surface area is 161 Å². The Balaban J connectivity index is 1.97. The largest absolute Gasteiger partial charge is 0.492 e. The number of halogens is 1. The molecule has 7 nitrogen and oxygen atoms in total. The molecule has 2 aliphatic rings. The number of carboxylic acid groups (broad SMARTS) is 1. The van der Waals surface area contributed by atoms with E-state index in [0.29, 0.717) is 24.3 Å². The van der Waals surface area contributed by atoms with Gasteiger partial charge in [-0.2, -0.15) is 0 Å². The number of carbonyl (C=O) groups is 1. The topological polar surface area (TPSA) is 97.8 Å². The molecule has 0 spiro atoms. The van der Waals surface area contributed by atoms with Crippen LogP contribution in [-0.2, 0) is 0 Å². The molecule has 4 rings (SSSR count). The van der Waals surface area contributed by atoms with Gasteiger partial charge >= 0.3 is 5.97 Å². The van der Waals surface area contributed by atoms with Gasteiger partial charge in [0.05, 0.1) is 18.0 Å². The highest BCUT2D eigenvalue weighted by atomic mass is 19.1. The van der Waals surface area contributed by atoms with Crippen LogP contribution in [0.4, 0.5) is 10.1 Å². The van der Waals surface area contributed by atoms with E-state index >= 15 is 4.39 Å².